The quantitative estimate of drug-likeness (QED) is 0.347. The van der Waals surface area contributed by atoms with Gasteiger partial charge in [0, 0.05) is 17.8 Å². The van der Waals surface area contributed by atoms with Gasteiger partial charge < -0.3 is 4.74 Å². The number of nitrogens with zero attached hydrogens (tertiary/aromatic N) is 3. The molecule has 2 aromatic heterocycles. The summed E-state index contributed by atoms with van der Waals surface area (Å²) in [6.45, 7) is 2.39. The standard InChI is InChI=1S/C13H14N6O4S/c1-2-23-10-4-3-8(5-14-10)6-15-17-9(20)7-24-12-11(21)16-13(22)19-18-12/h3-6H,2,7H2,1H3,(H,17,20)(H2,16,19,21,22). The Morgan fingerprint density at radius 2 is 2.29 bits per heavy atom. The third kappa shape index (κ3) is 5.35. The molecule has 0 fully saturated rings. The van der Waals surface area contributed by atoms with Crippen molar-refractivity contribution in [2.75, 3.05) is 12.4 Å². The Labute approximate surface area is 139 Å². The van der Waals surface area contributed by atoms with E-state index in [2.05, 4.69) is 25.7 Å². The van der Waals surface area contributed by atoms with E-state index in [1.54, 1.807) is 18.3 Å². The predicted molar refractivity (Wildman–Crippen MR) is 87.3 cm³/mol. The lowest BCUT2D eigenvalue weighted by molar-refractivity contribution is -0.118. The number of amides is 1. The number of carbonyl (C=O) groups excluding carboxylic acids is 1. The summed E-state index contributed by atoms with van der Waals surface area (Å²) in [5, 5.41) is 9.40. The molecule has 2 aromatic rings. The first kappa shape index (κ1) is 17.4. The SMILES string of the molecule is CCOc1ccc(C=NNC(=O)CSc2n[nH]c(=O)[nH]c2=O)cn1. The van der Waals surface area contributed by atoms with Gasteiger partial charge in [0.05, 0.1) is 18.6 Å². The van der Waals surface area contributed by atoms with E-state index in [0.29, 0.717) is 18.1 Å². The second-order valence-electron chi connectivity index (χ2n) is 4.26. The Hall–Kier alpha value is -2.95. The lowest BCUT2D eigenvalue weighted by Crippen LogP contribution is -2.26. The molecule has 2 rings (SSSR count). The minimum atomic E-state index is -0.706. The monoisotopic (exact) mass is 350 g/mol. The minimum absolute atomic E-state index is 0.00978. The second kappa shape index (κ2) is 8.62. The molecular formula is C13H14N6O4S. The molecule has 0 aromatic carbocycles. The summed E-state index contributed by atoms with van der Waals surface area (Å²) >= 11 is 0.878. The number of pyridine rings is 1. The van der Waals surface area contributed by atoms with E-state index < -0.39 is 17.2 Å². The molecule has 11 heteroatoms. The number of hydrazone groups is 1. The van der Waals surface area contributed by atoms with Crippen LogP contribution in [0.4, 0.5) is 0 Å². The van der Waals surface area contributed by atoms with Gasteiger partial charge in [0.25, 0.3) is 5.56 Å². The molecule has 2 heterocycles. The van der Waals surface area contributed by atoms with Crippen molar-refractivity contribution in [2.45, 2.75) is 11.9 Å². The molecule has 0 saturated heterocycles. The summed E-state index contributed by atoms with van der Waals surface area (Å²) in [6, 6.07) is 3.43. The lowest BCUT2D eigenvalue weighted by atomic mass is 10.3. The largest absolute Gasteiger partial charge is 0.478 e. The van der Waals surface area contributed by atoms with E-state index in [1.807, 2.05) is 11.9 Å². The van der Waals surface area contributed by atoms with Gasteiger partial charge in [-0.05, 0) is 13.0 Å². The number of rotatable bonds is 7. The number of hydrogen-bond donors (Lipinski definition) is 3. The van der Waals surface area contributed by atoms with Gasteiger partial charge in [-0.3, -0.25) is 14.6 Å². The van der Waals surface area contributed by atoms with Gasteiger partial charge in [-0.1, -0.05) is 11.8 Å². The number of aromatic amines is 2. The summed E-state index contributed by atoms with van der Waals surface area (Å²) in [4.78, 5) is 39.9. The number of H-pyrrole nitrogens is 2. The van der Waals surface area contributed by atoms with Crippen LogP contribution in [0, 0.1) is 0 Å². The highest BCUT2D eigenvalue weighted by molar-refractivity contribution is 7.99. The maximum Gasteiger partial charge on any atom is 0.342 e. The summed E-state index contributed by atoms with van der Waals surface area (Å²) < 4.78 is 5.21. The van der Waals surface area contributed by atoms with E-state index >= 15 is 0 Å². The number of aromatic nitrogens is 4. The van der Waals surface area contributed by atoms with Gasteiger partial charge in [-0.2, -0.15) is 10.2 Å². The molecule has 10 nitrogen and oxygen atoms in total. The number of carbonyl (C=O) groups is 1. The average molecular weight is 350 g/mol. The van der Waals surface area contributed by atoms with Crippen LogP contribution in [0.5, 0.6) is 5.88 Å². The highest BCUT2D eigenvalue weighted by Crippen LogP contribution is 2.07. The molecule has 0 radical (unpaired) electrons. The highest BCUT2D eigenvalue weighted by atomic mass is 32.2. The average Bonchev–Trinajstić information content (AvgIpc) is 2.56. The van der Waals surface area contributed by atoms with Crippen molar-refractivity contribution in [1.29, 1.82) is 0 Å². The number of nitrogens with one attached hydrogen (secondary N) is 3. The Morgan fingerprint density at radius 1 is 1.46 bits per heavy atom. The second-order valence-corrected chi connectivity index (χ2v) is 5.22. The molecule has 0 aliphatic rings. The van der Waals surface area contributed by atoms with Crippen LogP contribution < -0.4 is 21.4 Å². The third-order valence-electron chi connectivity index (χ3n) is 2.47. The lowest BCUT2D eigenvalue weighted by Gasteiger charge is -2.01. The molecular weight excluding hydrogens is 336 g/mol. The predicted octanol–water partition coefficient (Wildman–Crippen LogP) is -0.506. The number of ether oxygens (including phenoxy) is 1. The van der Waals surface area contributed by atoms with E-state index in [1.165, 1.54) is 6.21 Å². The highest BCUT2D eigenvalue weighted by Gasteiger charge is 2.07. The van der Waals surface area contributed by atoms with Crippen molar-refractivity contribution in [3.8, 4) is 5.88 Å². The Morgan fingerprint density at radius 3 is 2.96 bits per heavy atom. The topological polar surface area (TPSA) is 142 Å². The van der Waals surface area contributed by atoms with E-state index in [4.69, 9.17) is 4.74 Å². The van der Waals surface area contributed by atoms with Gasteiger partial charge in [0.2, 0.25) is 11.8 Å². The fourth-order valence-corrected chi connectivity index (χ4v) is 2.11. The third-order valence-corrected chi connectivity index (χ3v) is 3.43. The van der Waals surface area contributed by atoms with Gasteiger partial charge in [0.1, 0.15) is 0 Å². The molecule has 0 bridgehead atoms. The number of thioether (sulfide) groups is 1. The van der Waals surface area contributed by atoms with Crippen LogP contribution in [0.3, 0.4) is 0 Å². The smallest absolute Gasteiger partial charge is 0.342 e. The summed E-state index contributed by atoms with van der Waals surface area (Å²) in [5.74, 6) is -0.00248. The van der Waals surface area contributed by atoms with Crippen molar-refractivity contribution >= 4 is 23.9 Å². The molecule has 0 spiro atoms. The van der Waals surface area contributed by atoms with Crippen LogP contribution in [-0.4, -0.2) is 44.6 Å². The van der Waals surface area contributed by atoms with E-state index in [-0.39, 0.29) is 10.8 Å². The summed E-state index contributed by atoms with van der Waals surface area (Å²) in [6.07, 6.45) is 2.98. The van der Waals surface area contributed by atoms with Gasteiger partial charge >= 0.3 is 5.69 Å². The zero-order valence-corrected chi connectivity index (χ0v) is 13.4. The van der Waals surface area contributed by atoms with E-state index in [0.717, 1.165) is 11.8 Å². The van der Waals surface area contributed by atoms with Crippen LogP contribution in [-0.2, 0) is 4.79 Å². The molecule has 0 aliphatic carbocycles. The normalized spacial score (nSPS) is 10.7. The van der Waals surface area contributed by atoms with Crippen molar-refractivity contribution in [2.24, 2.45) is 5.10 Å². The van der Waals surface area contributed by atoms with Crippen LogP contribution in [0.25, 0.3) is 0 Å². The van der Waals surface area contributed by atoms with Crippen molar-refractivity contribution in [3.05, 3.63) is 44.7 Å². The van der Waals surface area contributed by atoms with E-state index in [9.17, 15) is 14.4 Å². The van der Waals surface area contributed by atoms with Crippen LogP contribution in [0.15, 0.2) is 38.0 Å². The zero-order valence-electron chi connectivity index (χ0n) is 12.6. The molecule has 0 atom stereocenters. The van der Waals surface area contributed by atoms with Crippen molar-refractivity contribution in [1.82, 2.24) is 25.6 Å². The molecule has 0 aliphatic heterocycles. The Kier molecular flexibility index (Phi) is 6.25. The van der Waals surface area contributed by atoms with Crippen LogP contribution in [0.1, 0.15) is 12.5 Å². The van der Waals surface area contributed by atoms with Gasteiger partial charge in [-0.15, -0.1) is 0 Å². The van der Waals surface area contributed by atoms with Crippen molar-refractivity contribution in [3.63, 3.8) is 0 Å². The van der Waals surface area contributed by atoms with Gasteiger partial charge in [0.15, 0.2) is 5.03 Å². The fourth-order valence-electron chi connectivity index (χ4n) is 1.48. The minimum Gasteiger partial charge on any atom is -0.478 e. The Bertz CT molecular complexity index is 829. The first-order valence-electron chi connectivity index (χ1n) is 6.81. The van der Waals surface area contributed by atoms with Crippen LogP contribution >= 0.6 is 11.8 Å². The molecule has 24 heavy (non-hydrogen) atoms. The van der Waals surface area contributed by atoms with Gasteiger partial charge in [-0.25, -0.2) is 20.3 Å². The summed E-state index contributed by atoms with van der Waals surface area (Å²) in [5.41, 5.74) is 1.64. The molecule has 1 amide bonds. The molecule has 0 saturated carbocycles. The molecule has 3 N–H and O–H groups in total. The van der Waals surface area contributed by atoms with Crippen molar-refractivity contribution < 1.29 is 9.53 Å². The van der Waals surface area contributed by atoms with Crippen LogP contribution in [0.2, 0.25) is 0 Å². The maximum absolute atomic E-state index is 11.6. The summed E-state index contributed by atoms with van der Waals surface area (Å²) in [7, 11) is 0. The molecule has 0 unspecified atom stereocenters. The fraction of sp³-hybridized carbons (Fsp3) is 0.231. The zero-order chi connectivity index (χ0) is 17.4. The maximum atomic E-state index is 11.6. The number of hydrogen-bond acceptors (Lipinski definition) is 8. The first-order chi connectivity index (χ1) is 11.6. The molecule has 126 valence electrons. The Balaban J connectivity index is 1.82. The first-order valence-corrected chi connectivity index (χ1v) is 7.79.